The Morgan fingerprint density at radius 2 is 1.65 bits per heavy atom. The number of likely N-dealkylation sites (N-methyl/N-ethyl adjacent to an activating group) is 1. The lowest BCUT2D eigenvalue weighted by Crippen LogP contribution is -3.14. The van der Waals surface area contributed by atoms with Crippen molar-refractivity contribution in [2.75, 3.05) is 42.9 Å². The molecule has 0 atom stereocenters. The van der Waals surface area contributed by atoms with Gasteiger partial charge in [0.25, 0.3) is 5.91 Å². The summed E-state index contributed by atoms with van der Waals surface area (Å²) in [4.78, 5) is 16.5. The minimum atomic E-state index is -0.0618. The highest BCUT2D eigenvalue weighted by molar-refractivity contribution is 6.04. The zero-order valence-corrected chi connectivity index (χ0v) is 16.1. The number of quaternary nitrogens is 1. The lowest BCUT2D eigenvalue weighted by atomic mass is 10.0. The van der Waals surface area contributed by atoms with Crippen molar-refractivity contribution in [3.63, 3.8) is 0 Å². The summed E-state index contributed by atoms with van der Waals surface area (Å²) in [5.41, 5.74) is 4.01. The van der Waals surface area contributed by atoms with Crippen LogP contribution in [0.15, 0.2) is 48.5 Å². The van der Waals surface area contributed by atoms with Gasteiger partial charge < -0.3 is 15.1 Å². The van der Waals surface area contributed by atoms with Crippen molar-refractivity contribution < 1.29 is 9.69 Å². The standard InChI is InChI=1S/C22H29N3O/c1-4-24-13-15-25(16-14-24)21-11-9-20(10-12-21)23-22(26)19-7-5-18(6-8-19)17(2)3/h5-12,17H,4,13-16H2,1-3H3,(H,23,26)/p+1. The smallest absolute Gasteiger partial charge is 0.255 e. The quantitative estimate of drug-likeness (QED) is 0.868. The molecule has 4 nitrogen and oxygen atoms in total. The molecule has 1 heterocycles. The van der Waals surface area contributed by atoms with E-state index in [9.17, 15) is 4.79 Å². The van der Waals surface area contributed by atoms with E-state index < -0.39 is 0 Å². The average Bonchev–Trinajstić information content (AvgIpc) is 2.68. The third-order valence-corrected chi connectivity index (χ3v) is 5.30. The van der Waals surface area contributed by atoms with Crippen molar-refractivity contribution in [2.24, 2.45) is 0 Å². The monoisotopic (exact) mass is 352 g/mol. The van der Waals surface area contributed by atoms with E-state index in [-0.39, 0.29) is 5.91 Å². The summed E-state index contributed by atoms with van der Waals surface area (Å²) in [7, 11) is 0. The molecule has 0 spiro atoms. The van der Waals surface area contributed by atoms with E-state index in [1.165, 1.54) is 30.9 Å². The van der Waals surface area contributed by atoms with Gasteiger partial charge in [-0.15, -0.1) is 0 Å². The highest BCUT2D eigenvalue weighted by Crippen LogP contribution is 2.19. The topological polar surface area (TPSA) is 36.8 Å². The first-order valence-electron chi connectivity index (χ1n) is 9.66. The Hall–Kier alpha value is -2.33. The van der Waals surface area contributed by atoms with Crippen molar-refractivity contribution >= 4 is 17.3 Å². The molecule has 0 aliphatic carbocycles. The number of carbonyl (C=O) groups is 1. The van der Waals surface area contributed by atoms with Gasteiger partial charge in [0, 0.05) is 16.9 Å². The number of piperazine rings is 1. The van der Waals surface area contributed by atoms with Crippen LogP contribution in [0.3, 0.4) is 0 Å². The molecule has 3 rings (SSSR count). The molecule has 138 valence electrons. The van der Waals surface area contributed by atoms with Gasteiger partial charge in [0.15, 0.2) is 0 Å². The number of hydrogen-bond acceptors (Lipinski definition) is 2. The van der Waals surface area contributed by atoms with Crippen molar-refractivity contribution in [1.29, 1.82) is 0 Å². The average molecular weight is 353 g/mol. The molecule has 0 aromatic heterocycles. The first-order valence-corrected chi connectivity index (χ1v) is 9.66. The van der Waals surface area contributed by atoms with E-state index in [4.69, 9.17) is 0 Å². The third-order valence-electron chi connectivity index (χ3n) is 5.30. The fourth-order valence-corrected chi connectivity index (χ4v) is 3.41. The number of anilines is 2. The van der Waals surface area contributed by atoms with Crippen LogP contribution in [0.5, 0.6) is 0 Å². The van der Waals surface area contributed by atoms with E-state index in [2.05, 4.69) is 43.1 Å². The van der Waals surface area contributed by atoms with Gasteiger partial charge in [0.2, 0.25) is 0 Å². The number of hydrogen-bond donors (Lipinski definition) is 2. The van der Waals surface area contributed by atoms with Crippen molar-refractivity contribution in [3.8, 4) is 0 Å². The van der Waals surface area contributed by atoms with Crippen LogP contribution in [-0.2, 0) is 0 Å². The Bertz CT molecular complexity index is 714. The maximum Gasteiger partial charge on any atom is 0.255 e. The van der Waals surface area contributed by atoms with Gasteiger partial charge in [-0.2, -0.15) is 0 Å². The second-order valence-electron chi connectivity index (χ2n) is 7.37. The van der Waals surface area contributed by atoms with E-state index in [0.29, 0.717) is 11.5 Å². The molecule has 2 aromatic rings. The number of rotatable bonds is 5. The maximum absolute atomic E-state index is 12.4. The highest BCUT2D eigenvalue weighted by Gasteiger charge is 2.18. The first-order chi connectivity index (χ1) is 12.6. The minimum absolute atomic E-state index is 0.0618. The molecule has 0 unspecified atom stereocenters. The molecule has 26 heavy (non-hydrogen) atoms. The van der Waals surface area contributed by atoms with Gasteiger partial charge in [-0.05, 0) is 54.8 Å². The summed E-state index contributed by atoms with van der Waals surface area (Å²) in [6.45, 7) is 12.3. The SMILES string of the molecule is CC[NH+]1CCN(c2ccc(NC(=O)c3ccc(C(C)C)cc3)cc2)CC1. The molecule has 1 fully saturated rings. The van der Waals surface area contributed by atoms with Crippen LogP contribution >= 0.6 is 0 Å². The fraction of sp³-hybridized carbons (Fsp3) is 0.409. The molecule has 0 radical (unpaired) electrons. The van der Waals surface area contributed by atoms with Crippen LogP contribution in [0.2, 0.25) is 0 Å². The molecule has 0 bridgehead atoms. The summed E-state index contributed by atoms with van der Waals surface area (Å²) in [6.07, 6.45) is 0. The van der Waals surface area contributed by atoms with Crippen LogP contribution in [0.4, 0.5) is 11.4 Å². The van der Waals surface area contributed by atoms with E-state index >= 15 is 0 Å². The van der Waals surface area contributed by atoms with E-state index in [1.54, 1.807) is 4.90 Å². The van der Waals surface area contributed by atoms with Crippen LogP contribution in [0, 0.1) is 0 Å². The summed E-state index contributed by atoms with van der Waals surface area (Å²) in [5.74, 6) is 0.411. The molecule has 1 aliphatic heterocycles. The van der Waals surface area contributed by atoms with E-state index in [1.807, 2.05) is 36.4 Å². The van der Waals surface area contributed by atoms with Crippen LogP contribution in [0.25, 0.3) is 0 Å². The molecule has 2 N–H and O–H groups in total. The van der Waals surface area contributed by atoms with E-state index in [0.717, 1.165) is 18.8 Å². The van der Waals surface area contributed by atoms with Crippen LogP contribution in [0.1, 0.15) is 42.6 Å². The lowest BCUT2D eigenvalue weighted by Gasteiger charge is -2.33. The number of amides is 1. The zero-order valence-electron chi connectivity index (χ0n) is 16.1. The molecular weight excluding hydrogens is 322 g/mol. The Kier molecular flexibility index (Phi) is 5.94. The number of benzene rings is 2. The van der Waals surface area contributed by atoms with Crippen molar-refractivity contribution in [2.45, 2.75) is 26.7 Å². The summed E-state index contributed by atoms with van der Waals surface area (Å²) in [5, 5.41) is 2.99. The summed E-state index contributed by atoms with van der Waals surface area (Å²) >= 11 is 0. The predicted octanol–water partition coefficient (Wildman–Crippen LogP) is 2.79. The Balaban J connectivity index is 1.59. The number of nitrogens with one attached hydrogen (secondary N) is 2. The largest absolute Gasteiger partial charge is 0.360 e. The molecule has 4 heteroatoms. The molecule has 1 amide bonds. The first kappa shape index (κ1) is 18.5. The Morgan fingerprint density at radius 1 is 1.04 bits per heavy atom. The molecule has 2 aromatic carbocycles. The van der Waals surface area contributed by atoms with Crippen molar-refractivity contribution in [1.82, 2.24) is 0 Å². The van der Waals surface area contributed by atoms with Crippen LogP contribution < -0.4 is 15.1 Å². The summed E-state index contributed by atoms with van der Waals surface area (Å²) < 4.78 is 0. The Morgan fingerprint density at radius 3 is 2.19 bits per heavy atom. The molecule has 0 saturated carbocycles. The number of nitrogens with zero attached hydrogens (tertiary/aromatic N) is 1. The molecule has 1 saturated heterocycles. The molecule has 1 aliphatic rings. The van der Waals surface area contributed by atoms with Gasteiger partial charge >= 0.3 is 0 Å². The minimum Gasteiger partial charge on any atom is -0.360 e. The van der Waals surface area contributed by atoms with Gasteiger partial charge in [-0.1, -0.05) is 26.0 Å². The van der Waals surface area contributed by atoms with Gasteiger partial charge in [-0.25, -0.2) is 0 Å². The normalized spacial score (nSPS) is 15.3. The van der Waals surface area contributed by atoms with Gasteiger partial charge in [0.1, 0.15) is 0 Å². The van der Waals surface area contributed by atoms with Crippen LogP contribution in [-0.4, -0.2) is 38.6 Å². The fourth-order valence-electron chi connectivity index (χ4n) is 3.41. The highest BCUT2D eigenvalue weighted by atomic mass is 16.1. The molecular formula is C22H30N3O+. The van der Waals surface area contributed by atoms with Gasteiger partial charge in [-0.3, -0.25) is 4.79 Å². The third kappa shape index (κ3) is 4.44. The predicted molar refractivity (Wildman–Crippen MR) is 108 cm³/mol. The lowest BCUT2D eigenvalue weighted by molar-refractivity contribution is -0.898. The van der Waals surface area contributed by atoms with Crippen molar-refractivity contribution in [3.05, 3.63) is 59.7 Å². The second-order valence-corrected chi connectivity index (χ2v) is 7.37. The zero-order chi connectivity index (χ0) is 18.5. The number of carbonyl (C=O) groups excluding carboxylic acids is 1. The summed E-state index contributed by atoms with van der Waals surface area (Å²) in [6, 6.07) is 16.1. The maximum atomic E-state index is 12.4. The van der Waals surface area contributed by atoms with Gasteiger partial charge in [0.05, 0.1) is 32.7 Å². The Labute approximate surface area is 156 Å². The second kappa shape index (κ2) is 8.37.